The summed E-state index contributed by atoms with van der Waals surface area (Å²) in [7, 11) is 0. The van der Waals surface area contributed by atoms with E-state index >= 15 is 0 Å². The molecule has 1 amide bonds. The van der Waals surface area contributed by atoms with E-state index in [0.29, 0.717) is 18.2 Å². The molecule has 5 heteroatoms. The van der Waals surface area contributed by atoms with E-state index < -0.39 is 0 Å². The number of nitrogens with zero attached hydrogens (tertiary/aromatic N) is 3. The average molecular weight is 340 g/mol. The Kier molecular flexibility index (Phi) is 5.53. The van der Waals surface area contributed by atoms with E-state index in [9.17, 15) is 4.79 Å². The van der Waals surface area contributed by atoms with E-state index in [0.717, 1.165) is 44.0 Å². The molecule has 0 bridgehead atoms. The Morgan fingerprint density at radius 1 is 1.24 bits per heavy atom. The quantitative estimate of drug-likeness (QED) is 0.879. The molecule has 1 aromatic heterocycles. The SMILES string of the molecule is CCCN1CCn2cc(C(=O)NCc3ccc(C(C)C)cc3)nc2C1. The van der Waals surface area contributed by atoms with E-state index in [4.69, 9.17) is 0 Å². The number of amides is 1. The maximum Gasteiger partial charge on any atom is 0.271 e. The van der Waals surface area contributed by atoms with Crippen molar-refractivity contribution in [3.8, 4) is 0 Å². The summed E-state index contributed by atoms with van der Waals surface area (Å²) in [6, 6.07) is 8.42. The van der Waals surface area contributed by atoms with Gasteiger partial charge < -0.3 is 9.88 Å². The summed E-state index contributed by atoms with van der Waals surface area (Å²) in [5, 5.41) is 2.98. The van der Waals surface area contributed by atoms with E-state index in [2.05, 4.69) is 64.8 Å². The highest BCUT2D eigenvalue weighted by atomic mass is 16.1. The molecule has 0 spiro atoms. The zero-order chi connectivity index (χ0) is 17.8. The van der Waals surface area contributed by atoms with Crippen LogP contribution in [0.5, 0.6) is 0 Å². The summed E-state index contributed by atoms with van der Waals surface area (Å²) < 4.78 is 2.11. The summed E-state index contributed by atoms with van der Waals surface area (Å²) in [6.07, 6.45) is 3.03. The second-order valence-electron chi connectivity index (χ2n) is 7.09. The van der Waals surface area contributed by atoms with Gasteiger partial charge in [0.15, 0.2) is 0 Å². The lowest BCUT2D eigenvalue weighted by Gasteiger charge is -2.26. The lowest BCUT2D eigenvalue weighted by atomic mass is 10.0. The molecular weight excluding hydrogens is 312 g/mol. The van der Waals surface area contributed by atoms with Crippen LogP contribution in [-0.4, -0.2) is 33.4 Å². The first-order valence-corrected chi connectivity index (χ1v) is 9.22. The van der Waals surface area contributed by atoms with Gasteiger partial charge in [-0.1, -0.05) is 45.0 Å². The summed E-state index contributed by atoms with van der Waals surface area (Å²) in [5.74, 6) is 1.41. The Balaban J connectivity index is 1.59. The van der Waals surface area contributed by atoms with Crippen LogP contribution < -0.4 is 5.32 Å². The second-order valence-corrected chi connectivity index (χ2v) is 7.09. The van der Waals surface area contributed by atoms with Crippen molar-refractivity contribution in [2.24, 2.45) is 0 Å². The number of aromatic nitrogens is 2. The van der Waals surface area contributed by atoms with Crippen LogP contribution >= 0.6 is 0 Å². The molecule has 1 N–H and O–H groups in total. The standard InChI is InChI=1S/C20H28N4O/c1-4-9-23-10-11-24-13-18(22-19(24)14-23)20(25)21-12-16-5-7-17(8-6-16)15(2)3/h5-8,13,15H,4,9-12,14H2,1-3H3,(H,21,25). The van der Waals surface area contributed by atoms with Gasteiger partial charge in [-0.25, -0.2) is 4.98 Å². The van der Waals surface area contributed by atoms with E-state index in [1.807, 2.05) is 6.20 Å². The minimum Gasteiger partial charge on any atom is -0.347 e. The molecule has 2 aromatic rings. The third kappa shape index (κ3) is 4.28. The number of hydrogen-bond acceptors (Lipinski definition) is 3. The fourth-order valence-electron chi connectivity index (χ4n) is 3.21. The van der Waals surface area contributed by atoms with Gasteiger partial charge in [0.05, 0.1) is 6.54 Å². The largest absolute Gasteiger partial charge is 0.347 e. The summed E-state index contributed by atoms with van der Waals surface area (Å²) in [5.41, 5.74) is 2.94. The number of nitrogens with one attached hydrogen (secondary N) is 1. The van der Waals surface area contributed by atoms with Gasteiger partial charge >= 0.3 is 0 Å². The predicted molar refractivity (Wildman–Crippen MR) is 99.5 cm³/mol. The molecule has 25 heavy (non-hydrogen) atoms. The van der Waals surface area contributed by atoms with Crippen molar-refractivity contribution in [1.82, 2.24) is 19.8 Å². The molecule has 0 radical (unpaired) electrons. The van der Waals surface area contributed by atoms with Crippen molar-refractivity contribution in [3.63, 3.8) is 0 Å². The highest BCUT2D eigenvalue weighted by molar-refractivity contribution is 5.92. The minimum absolute atomic E-state index is 0.100. The molecule has 3 rings (SSSR count). The third-order valence-electron chi connectivity index (χ3n) is 4.75. The van der Waals surface area contributed by atoms with Crippen LogP contribution in [0.4, 0.5) is 0 Å². The van der Waals surface area contributed by atoms with Gasteiger partial charge in [0.2, 0.25) is 0 Å². The summed E-state index contributed by atoms with van der Waals surface area (Å²) in [4.78, 5) is 19.3. The Morgan fingerprint density at radius 3 is 2.68 bits per heavy atom. The Morgan fingerprint density at radius 2 is 2.00 bits per heavy atom. The van der Waals surface area contributed by atoms with E-state index in [1.54, 1.807) is 0 Å². The zero-order valence-corrected chi connectivity index (χ0v) is 15.5. The lowest BCUT2D eigenvalue weighted by molar-refractivity contribution is 0.0946. The lowest BCUT2D eigenvalue weighted by Crippen LogP contribution is -2.34. The molecule has 1 aliphatic rings. The van der Waals surface area contributed by atoms with Gasteiger partial charge in [-0.05, 0) is 30.0 Å². The maximum absolute atomic E-state index is 12.4. The molecule has 0 unspecified atom stereocenters. The number of hydrogen-bond donors (Lipinski definition) is 1. The molecular formula is C20H28N4O. The zero-order valence-electron chi connectivity index (χ0n) is 15.5. The normalized spacial score (nSPS) is 14.6. The summed E-state index contributed by atoms with van der Waals surface area (Å²) in [6.45, 7) is 10.9. The van der Waals surface area contributed by atoms with Crippen molar-refractivity contribution in [2.45, 2.75) is 52.7 Å². The molecule has 1 aliphatic heterocycles. The molecule has 2 heterocycles. The van der Waals surface area contributed by atoms with Crippen LogP contribution in [0.25, 0.3) is 0 Å². The number of carbonyl (C=O) groups is 1. The molecule has 0 saturated carbocycles. The fraction of sp³-hybridized carbons (Fsp3) is 0.500. The third-order valence-corrected chi connectivity index (χ3v) is 4.75. The number of imidazole rings is 1. The number of carbonyl (C=O) groups excluding carboxylic acids is 1. The van der Waals surface area contributed by atoms with Crippen LogP contribution in [0.2, 0.25) is 0 Å². The Bertz CT molecular complexity index is 718. The first kappa shape index (κ1) is 17.7. The molecule has 134 valence electrons. The van der Waals surface area contributed by atoms with Crippen molar-refractivity contribution in [1.29, 1.82) is 0 Å². The van der Waals surface area contributed by atoms with E-state index in [-0.39, 0.29) is 5.91 Å². The van der Waals surface area contributed by atoms with Gasteiger partial charge in [0.1, 0.15) is 11.5 Å². The molecule has 0 saturated heterocycles. The molecule has 0 aliphatic carbocycles. The molecule has 0 fully saturated rings. The van der Waals surface area contributed by atoms with Crippen LogP contribution in [0.3, 0.4) is 0 Å². The van der Waals surface area contributed by atoms with Crippen LogP contribution in [0.1, 0.15) is 60.5 Å². The van der Waals surface area contributed by atoms with Gasteiger partial charge in [-0.2, -0.15) is 0 Å². The number of rotatable bonds is 6. The smallest absolute Gasteiger partial charge is 0.271 e. The Hall–Kier alpha value is -2.14. The number of fused-ring (bicyclic) bond motifs is 1. The predicted octanol–water partition coefficient (Wildman–Crippen LogP) is 3.16. The van der Waals surface area contributed by atoms with Crippen LogP contribution in [-0.2, 0) is 19.6 Å². The summed E-state index contributed by atoms with van der Waals surface area (Å²) >= 11 is 0. The maximum atomic E-state index is 12.4. The topological polar surface area (TPSA) is 50.2 Å². The average Bonchev–Trinajstić information content (AvgIpc) is 3.03. The van der Waals surface area contributed by atoms with E-state index in [1.165, 1.54) is 5.56 Å². The first-order chi connectivity index (χ1) is 12.1. The highest BCUT2D eigenvalue weighted by Gasteiger charge is 2.20. The highest BCUT2D eigenvalue weighted by Crippen LogP contribution is 2.15. The molecule has 0 atom stereocenters. The first-order valence-electron chi connectivity index (χ1n) is 9.22. The van der Waals surface area contributed by atoms with Crippen molar-refractivity contribution >= 4 is 5.91 Å². The van der Waals surface area contributed by atoms with Crippen LogP contribution in [0.15, 0.2) is 30.5 Å². The van der Waals surface area contributed by atoms with Gasteiger partial charge in [-0.3, -0.25) is 9.69 Å². The van der Waals surface area contributed by atoms with Crippen molar-refractivity contribution < 1.29 is 4.79 Å². The van der Waals surface area contributed by atoms with Crippen molar-refractivity contribution in [3.05, 3.63) is 53.1 Å². The number of benzene rings is 1. The molecule has 1 aromatic carbocycles. The second kappa shape index (κ2) is 7.83. The Labute approximate surface area is 150 Å². The van der Waals surface area contributed by atoms with Gasteiger partial charge in [0.25, 0.3) is 5.91 Å². The van der Waals surface area contributed by atoms with Crippen LogP contribution in [0, 0.1) is 0 Å². The monoisotopic (exact) mass is 340 g/mol. The minimum atomic E-state index is -0.100. The molecule has 5 nitrogen and oxygen atoms in total. The van der Waals surface area contributed by atoms with Gasteiger partial charge in [-0.15, -0.1) is 0 Å². The van der Waals surface area contributed by atoms with Crippen molar-refractivity contribution in [2.75, 3.05) is 13.1 Å². The fourth-order valence-corrected chi connectivity index (χ4v) is 3.21. The van der Waals surface area contributed by atoms with Gasteiger partial charge in [0, 0.05) is 25.8 Å².